The molecule has 0 saturated carbocycles. The third-order valence-electron chi connectivity index (χ3n) is 4.98. The standard InChI is InChI=1S/C20H21ClN4O3S/c21-16-3-1-15(2-4-16)20-13-18(28-23-20)14-24-9-11-25(12-10-24)17-5-7-19(8-6-17)29(22,26)27/h1-8,13H,9-12,14H2,(H2,22,26,27). The molecule has 1 aliphatic heterocycles. The van der Waals surface area contributed by atoms with Gasteiger partial charge in [0.05, 0.1) is 11.4 Å². The molecule has 0 unspecified atom stereocenters. The number of sulfonamides is 1. The van der Waals surface area contributed by atoms with E-state index in [1.807, 2.05) is 30.3 Å². The average molecular weight is 433 g/mol. The van der Waals surface area contributed by atoms with Crippen LogP contribution in [-0.4, -0.2) is 44.7 Å². The Morgan fingerprint density at radius 1 is 1.00 bits per heavy atom. The normalized spacial score (nSPS) is 15.6. The van der Waals surface area contributed by atoms with Gasteiger partial charge in [-0.3, -0.25) is 4.90 Å². The minimum Gasteiger partial charge on any atom is -0.369 e. The summed E-state index contributed by atoms with van der Waals surface area (Å²) in [7, 11) is -3.66. The molecule has 152 valence electrons. The summed E-state index contributed by atoms with van der Waals surface area (Å²) >= 11 is 5.93. The van der Waals surface area contributed by atoms with Crippen molar-refractivity contribution in [2.24, 2.45) is 5.14 Å². The molecule has 0 bridgehead atoms. The lowest BCUT2D eigenvalue weighted by Gasteiger charge is -2.35. The van der Waals surface area contributed by atoms with E-state index in [0.717, 1.165) is 48.9 Å². The summed E-state index contributed by atoms with van der Waals surface area (Å²) in [6.45, 7) is 4.11. The van der Waals surface area contributed by atoms with E-state index < -0.39 is 10.0 Å². The number of hydrogen-bond acceptors (Lipinski definition) is 6. The van der Waals surface area contributed by atoms with Gasteiger partial charge in [-0.1, -0.05) is 28.9 Å². The van der Waals surface area contributed by atoms with Crippen molar-refractivity contribution in [3.05, 3.63) is 65.4 Å². The summed E-state index contributed by atoms with van der Waals surface area (Å²) in [5, 5.41) is 10.0. The highest BCUT2D eigenvalue weighted by Crippen LogP contribution is 2.23. The van der Waals surface area contributed by atoms with Crippen LogP contribution < -0.4 is 10.0 Å². The Balaban J connectivity index is 1.34. The molecule has 0 spiro atoms. The van der Waals surface area contributed by atoms with Crippen molar-refractivity contribution in [1.82, 2.24) is 10.1 Å². The van der Waals surface area contributed by atoms with Crippen LogP contribution >= 0.6 is 11.6 Å². The first-order valence-electron chi connectivity index (χ1n) is 9.20. The second-order valence-electron chi connectivity index (χ2n) is 6.99. The first-order chi connectivity index (χ1) is 13.9. The van der Waals surface area contributed by atoms with E-state index in [9.17, 15) is 8.42 Å². The Bertz CT molecular complexity index is 1070. The molecular formula is C20H21ClN4O3S. The van der Waals surface area contributed by atoms with Crippen molar-refractivity contribution in [1.29, 1.82) is 0 Å². The Morgan fingerprint density at radius 3 is 2.28 bits per heavy atom. The first kappa shape index (κ1) is 19.9. The number of piperazine rings is 1. The lowest BCUT2D eigenvalue weighted by molar-refractivity contribution is 0.220. The number of anilines is 1. The molecule has 9 heteroatoms. The lowest BCUT2D eigenvalue weighted by atomic mass is 10.1. The summed E-state index contributed by atoms with van der Waals surface area (Å²) in [6.07, 6.45) is 0. The van der Waals surface area contributed by atoms with Gasteiger partial charge in [-0.25, -0.2) is 13.6 Å². The van der Waals surface area contributed by atoms with E-state index in [4.69, 9.17) is 21.3 Å². The molecule has 2 N–H and O–H groups in total. The largest absolute Gasteiger partial charge is 0.369 e. The van der Waals surface area contributed by atoms with Crippen molar-refractivity contribution >= 4 is 27.3 Å². The molecule has 29 heavy (non-hydrogen) atoms. The Kier molecular flexibility index (Phi) is 5.60. The molecule has 0 radical (unpaired) electrons. The van der Waals surface area contributed by atoms with Crippen LogP contribution in [0.25, 0.3) is 11.3 Å². The number of aromatic nitrogens is 1. The van der Waals surface area contributed by atoms with Crippen molar-refractivity contribution in [3.63, 3.8) is 0 Å². The van der Waals surface area contributed by atoms with Crippen molar-refractivity contribution < 1.29 is 12.9 Å². The van der Waals surface area contributed by atoms with Gasteiger partial charge in [0.1, 0.15) is 5.69 Å². The van der Waals surface area contributed by atoms with Crippen LogP contribution in [0.2, 0.25) is 5.02 Å². The van der Waals surface area contributed by atoms with Gasteiger partial charge in [-0.05, 0) is 36.4 Å². The van der Waals surface area contributed by atoms with Gasteiger partial charge in [0.15, 0.2) is 5.76 Å². The average Bonchev–Trinajstić information content (AvgIpc) is 3.17. The van der Waals surface area contributed by atoms with Gasteiger partial charge in [0, 0.05) is 48.5 Å². The van der Waals surface area contributed by atoms with Gasteiger partial charge in [-0.2, -0.15) is 0 Å². The second kappa shape index (κ2) is 8.16. The smallest absolute Gasteiger partial charge is 0.238 e. The van der Waals surface area contributed by atoms with Gasteiger partial charge in [0.2, 0.25) is 10.0 Å². The van der Waals surface area contributed by atoms with Crippen LogP contribution in [0.15, 0.2) is 64.0 Å². The molecule has 4 rings (SSSR count). The van der Waals surface area contributed by atoms with Crippen LogP contribution in [0, 0.1) is 0 Å². The highest BCUT2D eigenvalue weighted by atomic mass is 35.5. The number of nitrogens with two attached hydrogens (primary N) is 1. The maximum Gasteiger partial charge on any atom is 0.238 e. The number of nitrogens with zero attached hydrogens (tertiary/aromatic N) is 3. The third kappa shape index (κ3) is 4.79. The van der Waals surface area contributed by atoms with Crippen LogP contribution in [0.3, 0.4) is 0 Å². The third-order valence-corrected chi connectivity index (χ3v) is 6.16. The van der Waals surface area contributed by atoms with E-state index in [1.54, 1.807) is 24.3 Å². The number of halogens is 1. The fourth-order valence-electron chi connectivity index (χ4n) is 3.38. The van der Waals surface area contributed by atoms with Crippen LogP contribution in [-0.2, 0) is 16.6 Å². The maximum absolute atomic E-state index is 11.4. The number of benzene rings is 2. The summed E-state index contributed by atoms with van der Waals surface area (Å²) in [6, 6.07) is 16.2. The van der Waals surface area contributed by atoms with Crippen molar-refractivity contribution in [3.8, 4) is 11.3 Å². The minimum absolute atomic E-state index is 0.127. The van der Waals surface area contributed by atoms with Crippen molar-refractivity contribution in [2.75, 3.05) is 31.1 Å². The van der Waals surface area contributed by atoms with Crippen LogP contribution in [0.4, 0.5) is 5.69 Å². The summed E-state index contributed by atoms with van der Waals surface area (Å²) in [4.78, 5) is 4.66. The first-order valence-corrected chi connectivity index (χ1v) is 11.1. The highest BCUT2D eigenvalue weighted by Gasteiger charge is 2.19. The number of primary sulfonamides is 1. The molecule has 7 nitrogen and oxygen atoms in total. The van der Waals surface area contributed by atoms with Gasteiger partial charge in [0.25, 0.3) is 0 Å². The summed E-state index contributed by atoms with van der Waals surface area (Å²) in [5.74, 6) is 0.820. The lowest BCUT2D eigenvalue weighted by Crippen LogP contribution is -2.45. The van der Waals surface area contributed by atoms with Crippen LogP contribution in [0.1, 0.15) is 5.76 Å². The minimum atomic E-state index is -3.66. The van der Waals surface area contributed by atoms with E-state index >= 15 is 0 Å². The van der Waals surface area contributed by atoms with E-state index in [1.165, 1.54) is 0 Å². The van der Waals surface area contributed by atoms with Gasteiger partial charge in [-0.15, -0.1) is 0 Å². The van der Waals surface area contributed by atoms with Gasteiger partial charge < -0.3 is 9.42 Å². The topological polar surface area (TPSA) is 92.7 Å². The molecule has 2 heterocycles. The molecule has 0 aliphatic carbocycles. The summed E-state index contributed by atoms with van der Waals surface area (Å²) in [5.41, 5.74) is 2.75. The fraction of sp³-hybridized carbons (Fsp3) is 0.250. The van der Waals surface area contributed by atoms with E-state index in [2.05, 4.69) is 15.0 Å². The molecule has 2 aromatic carbocycles. The zero-order chi connectivity index (χ0) is 20.4. The Hall–Kier alpha value is -2.39. The predicted molar refractivity (Wildman–Crippen MR) is 112 cm³/mol. The zero-order valence-electron chi connectivity index (χ0n) is 15.7. The SMILES string of the molecule is NS(=O)(=O)c1ccc(N2CCN(Cc3cc(-c4ccc(Cl)cc4)no3)CC2)cc1. The Labute approximate surface area is 174 Å². The zero-order valence-corrected chi connectivity index (χ0v) is 17.2. The molecule has 1 aliphatic rings. The quantitative estimate of drug-likeness (QED) is 0.666. The molecule has 0 atom stereocenters. The maximum atomic E-state index is 11.4. The van der Waals surface area contributed by atoms with E-state index in [0.29, 0.717) is 11.6 Å². The number of hydrogen-bond donors (Lipinski definition) is 1. The van der Waals surface area contributed by atoms with E-state index in [-0.39, 0.29) is 4.90 Å². The fourth-order valence-corrected chi connectivity index (χ4v) is 4.02. The molecule has 1 saturated heterocycles. The summed E-state index contributed by atoms with van der Waals surface area (Å²) < 4.78 is 28.3. The molecular weight excluding hydrogens is 412 g/mol. The molecule has 3 aromatic rings. The predicted octanol–water partition coefficient (Wildman–Crippen LogP) is 2.96. The second-order valence-corrected chi connectivity index (χ2v) is 8.99. The molecule has 0 amide bonds. The highest BCUT2D eigenvalue weighted by molar-refractivity contribution is 7.89. The van der Waals surface area contributed by atoms with Gasteiger partial charge >= 0.3 is 0 Å². The monoisotopic (exact) mass is 432 g/mol. The molecule has 1 fully saturated rings. The number of rotatable bonds is 5. The van der Waals surface area contributed by atoms with Crippen LogP contribution in [0.5, 0.6) is 0 Å². The Morgan fingerprint density at radius 2 is 1.66 bits per heavy atom. The van der Waals surface area contributed by atoms with Crippen molar-refractivity contribution in [2.45, 2.75) is 11.4 Å². The molecule has 1 aromatic heterocycles.